The van der Waals surface area contributed by atoms with Crippen LogP contribution in [0.15, 0.2) is 72.8 Å². The molecule has 1 heterocycles. The summed E-state index contributed by atoms with van der Waals surface area (Å²) in [6, 6.07) is 21.6. The van der Waals surface area contributed by atoms with Crippen LogP contribution in [0.5, 0.6) is 17.2 Å². The third-order valence-corrected chi connectivity index (χ3v) is 7.96. The lowest BCUT2D eigenvalue weighted by atomic mass is 9.92. The highest BCUT2D eigenvalue weighted by atomic mass is 16.5. The highest BCUT2D eigenvalue weighted by Gasteiger charge is 2.37. The Morgan fingerprint density at radius 2 is 1.66 bits per heavy atom. The second-order valence-electron chi connectivity index (χ2n) is 10.8. The summed E-state index contributed by atoms with van der Waals surface area (Å²) in [4.78, 5) is 40.5. The van der Waals surface area contributed by atoms with Crippen LogP contribution >= 0.6 is 0 Å². The predicted octanol–water partition coefficient (Wildman–Crippen LogP) is 5.96. The summed E-state index contributed by atoms with van der Waals surface area (Å²) in [6.45, 7) is 1.99. The largest absolute Gasteiger partial charge is 0.493 e. The zero-order valence-electron chi connectivity index (χ0n) is 25.6. The quantitative estimate of drug-likeness (QED) is 0.225. The molecule has 1 aliphatic heterocycles. The van der Waals surface area contributed by atoms with Gasteiger partial charge in [0.25, 0.3) is 0 Å². The number of aryl methyl sites for hydroxylation is 1. The van der Waals surface area contributed by atoms with Crippen LogP contribution in [0.3, 0.4) is 0 Å². The minimum absolute atomic E-state index is 0.0636. The van der Waals surface area contributed by atoms with E-state index in [1.807, 2.05) is 61.5 Å². The van der Waals surface area contributed by atoms with Gasteiger partial charge in [0.2, 0.25) is 5.91 Å². The van der Waals surface area contributed by atoms with E-state index in [1.165, 1.54) is 0 Å². The van der Waals surface area contributed by atoms with Crippen molar-refractivity contribution in [3.05, 3.63) is 89.5 Å². The summed E-state index contributed by atoms with van der Waals surface area (Å²) in [5.74, 6) is -0.363. The van der Waals surface area contributed by atoms with Gasteiger partial charge in [0.15, 0.2) is 18.1 Å². The van der Waals surface area contributed by atoms with Crippen LogP contribution in [0.2, 0.25) is 0 Å². The molecule has 1 saturated heterocycles. The number of rotatable bonds is 14. The highest BCUT2D eigenvalue weighted by molar-refractivity contribution is 5.89. The fourth-order valence-electron chi connectivity index (χ4n) is 5.67. The van der Waals surface area contributed by atoms with Gasteiger partial charge in [0.05, 0.1) is 20.1 Å². The average Bonchev–Trinajstić information content (AvgIpc) is 3.06. The number of methoxy groups -OCH3 is 2. The predicted molar refractivity (Wildman–Crippen MR) is 165 cm³/mol. The number of likely N-dealkylation sites (tertiary alicyclic amines) is 1. The molecular formula is C35H41NO8. The molecule has 1 amide bonds. The molecule has 0 saturated carbocycles. The molecule has 3 aromatic carbocycles. The van der Waals surface area contributed by atoms with Crippen molar-refractivity contribution >= 4 is 17.8 Å². The van der Waals surface area contributed by atoms with Gasteiger partial charge in [-0.05, 0) is 79.5 Å². The molecule has 0 bridgehead atoms. The number of carbonyl (C=O) groups excluding carboxylic acids is 2. The van der Waals surface area contributed by atoms with Gasteiger partial charge in [-0.25, -0.2) is 9.59 Å². The van der Waals surface area contributed by atoms with Gasteiger partial charge in [0.1, 0.15) is 17.9 Å². The average molecular weight is 604 g/mol. The first-order chi connectivity index (χ1) is 21.3. The molecule has 0 aromatic heterocycles. The number of benzene rings is 3. The second kappa shape index (κ2) is 15.8. The Kier molecular flexibility index (Phi) is 11.6. The smallest absolute Gasteiger partial charge is 0.341 e. The summed E-state index contributed by atoms with van der Waals surface area (Å²) >= 11 is 0. The molecule has 1 fully saturated rings. The third kappa shape index (κ3) is 8.30. The zero-order valence-corrected chi connectivity index (χ0v) is 25.6. The van der Waals surface area contributed by atoms with Crippen LogP contribution in [-0.2, 0) is 25.5 Å². The number of piperidine rings is 1. The Bertz CT molecular complexity index is 1410. The number of hydrogen-bond donors (Lipinski definition) is 1. The Balaban J connectivity index is 1.57. The number of aliphatic carboxylic acids is 1. The van der Waals surface area contributed by atoms with Crippen molar-refractivity contribution in [2.45, 2.75) is 63.5 Å². The summed E-state index contributed by atoms with van der Waals surface area (Å²) in [5.41, 5.74) is 2.57. The molecule has 1 aliphatic rings. The highest BCUT2D eigenvalue weighted by Crippen LogP contribution is 2.33. The van der Waals surface area contributed by atoms with Crippen LogP contribution < -0.4 is 14.2 Å². The van der Waals surface area contributed by atoms with Gasteiger partial charge in [-0.1, -0.05) is 55.5 Å². The van der Waals surface area contributed by atoms with E-state index in [1.54, 1.807) is 37.3 Å². The Labute approximate surface area is 258 Å². The molecule has 9 heteroatoms. The van der Waals surface area contributed by atoms with Gasteiger partial charge in [-0.3, -0.25) is 4.79 Å². The van der Waals surface area contributed by atoms with Gasteiger partial charge in [-0.2, -0.15) is 0 Å². The maximum absolute atomic E-state index is 13.9. The lowest BCUT2D eigenvalue weighted by Gasteiger charge is -2.37. The Morgan fingerprint density at radius 1 is 0.909 bits per heavy atom. The first-order valence-corrected chi connectivity index (χ1v) is 15.1. The fraction of sp³-hybridized carbons (Fsp3) is 0.400. The van der Waals surface area contributed by atoms with E-state index in [0.717, 1.165) is 24.0 Å². The molecule has 1 N–H and O–H groups in total. The molecule has 0 unspecified atom stereocenters. The summed E-state index contributed by atoms with van der Waals surface area (Å²) in [5, 5.41) is 9.06. The topological polar surface area (TPSA) is 112 Å². The van der Waals surface area contributed by atoms with E-state index in [2.05, 4.69) is 0 Å². The van der Waals surface area contributed by atoms with Crippen molar-refractivity contribution in [3.8, 4) is 17.2 Å². The molecule has 0 spiro atoms. The van der Waals surface area contributed by atoms with Crippen molar-refractivity contribution in [1.82, 2.24) is 4.90 Å². The second-order valence-corrected chi connectivity index (χ2v) is 10.8. The molecule has 0 aliphatic carbocycles. The van der Waals surface area contributed by atoms with E-state index in [4.69, 9.17) is 24.1 Å². The number of carbonyl (C=O) groups is 3. The van der Waals surface area contributed by atoms with E-state index >= 15 is 0 Å². The Hall–Kier alpha value is -4.53. The molecule has 44 heavy (non-hydrogen) atoms. The van der Waals surface area contributed by atoms with Crippen LogP contribution in [0.4, 0.5) is 0 Å². The van der Waals surface area contributed by atoms with Crippen LogP contribution in [0.25, 0.3) is 0 Å². The normalized spacial score (nSPS) is 16.0. The molecule has 3 aromatic rings. The SMILES string of the molecule is CC[C@@H](C(=O)N1CCCC[C@H]1C(=O)O[C@H](CCc1ccc(OC)c(OC)c1)c1cccc(OCC(=O)O)c1)c1ccccc1. The number of esters is 1. The minimum atomic E-state index is -1.09. The van der Waals surface area contributed by atoms with Gasteiger partial charge < -0.3 is 29.0 Å². The summed E-state index contributed by atoms with van der Waals surface area (Å²) in [7, 11) is 3.15. The van der Waals surface area contributed by atoms with E-state index < -0.39 is 30.7 Å². The number of amides is 1. The maximum atomic E-state index is 13.9. The van der Waals surface area contributed by atoms with E-state index in [-0.39, 0.29) is 11.8 Å². The Morgan fingerprint density at radius 3 is 2.36 bits per heavy atom. The number of nitrogens with zero attached hydrogens (tertiary/aromatic N) is 1. The van der Waals surface area contributed by atoms with Crippen LogP contribution in [0, 0.1) is 0 Å². The van der Waals surface area contributed by atoms with Gasteiger partial charge >= 0.3 is 11.9 Å². The molecule has 3 atom stereocenters. The van der Waals surface area contributed by atoms with Gasteiger partial charge in [0, 0.05) is 6.54 Å². The molecule has 234 valence electrons. The number of ether oxygens (including phenoxy) is 4. The number of carboxylic acid groups (broad SMARTS) is 1. The maximum Gasteiger partial charge on any atom is 0.341 e. The fourth-order valence-corrected chi connectivity index (χ4v) is 5.67. The van der Waals surface area contributed by atoms with Crippen LogP contribution in [-0.4, -0.2) is 61.3 Å². The third-order valence-electron chi connectivity index (χ3n) is 7.96. The lowest BCUT2D eigenvalue weighted by Crippen LogP contribution is -2.50. The van der Waals surface area contributed by atoms with E-state index in [0.29, 0.717) is 55.0 Å². The number of carboxylic acids is 1. The van der Waals surface area contributed by atoms with Crippen molar-refractivity contribution in [3.63, 3.8) is 0 Å². The first-order valence-electron chi connectivity index (χ1n) is 15.1. The molecule has 4 rings (SSSR count). The van der Waals surface area contributed by atoms with Crippen molar-refractivity contribution in [1.29, 1.82) is 0 Å². The summed E-state index contributed by atoms with van der Waals surface area (Å²) < 4.78 is 22.4. The minimum Gasteiger partial charge on any atom is -0.493 e. The van der Waals surface area contributed by atoms with Crippen molar-refractivity contribution in [2.24, 2.45) is 0 Å². The van der Waals surface area contributed by atoms with Crippen LogP contribution in [0.1, 0.15) is 67.7 Å². The van der Waals surface area contributed by atoms with Crippen molar-refractivity contribution < 1.29 is 38.4 Å². The monoisotopic (exact) mass is 603 g/mol. The molecule has 0 radical (unpaired) electrons. The molecular weight excluding hydrogens is 562 g/mol. The van der Waals surface area contributed by atoms with Crippen molar-refractivity contribution in [2.75, 3.05) is 27.4 Å². The first kappa shape index (κ1) is 32.4. The van der Waals surface area contributed by atoms with E-state index in [9.17, 15) is 14.4 Å². The zero-order chi connectivity index (χ0) is 31.5. The summed E-state index contributed by atoms with van der Waals surface area (Å²) in [6.07, 6.45) is 3.12. The molecule has 9 nitrogen and oxygen atoms in total. The lowest BCUT2D eigenvalue weighted by molar-refractivity contribution is -0.162. The van der Waals surface area contributed by atoms with Gasteiger partial charge in [-0.15, -0.1) is 0 Å². The standard InChI is InChI=1S/C35H41NO8/c1-4-28(25-11-6-5-7-12-25)34(39)36-20-9-8-15-29(36)35(40)44-30(26-13-10-14-27(22-26)43-23-33(37)38)18-16-24-17-19-31(41-2)32(21-24)42-3/h5-7,10-14,17,19,21-22,28-30H,4,8-9,15-16,18,20,23H2,1-3H3,(H,37,38)/t28-,29+,30-/m1/s1. The number of hydrogen-bond acceptors (Lipinski definition) is 7.